The van der Waals surface area contributed by atoms with E-state index in [2.05, 4.69) is 0 Å². The normalized spacial score (nSPS) is 11.2. The van der Waals surface area contributed by atoms with Crippen LogP contribution in [0.4, 0.5) is 0 Å². The Hall–Kier alpha value is -1.91. The van der Waals surface area contributed by atoms with Crippen molar-refractivity contribution in [3.05, 3.63) is 29.8 Å². The quantitative estimate of drug-likeness (QED) is 0.757. The van der Waals surface area contributed by atoms with Crippen LogP contribution in [0.25, 0.3) is 0 Å². The van der Waals surface area contributed by atoms with Gasteiger partial charge in [-0.05, 0) is 25.2 Å². The minimum absolute atomic E-state index is 0.0821. The molecule has 0 aliphatic heterocycles. The largest absolute Gasteiger partial charge is 0.348 e. The number of nitrogens with zero attached hydrogens (tertiary/aromatic N) is 3. The molecule has 0 unspecified atom stereocenters. The van der Waals surface area contributed by atoms with Gasteiger partial charge in [-0.2, -0.15) is 5.26 Å². The number of sulfone groups is 1. The molecule has 0 saturated heterocycles. The Morgan fingerprint density at radius 1 is 1.29 bits per heavy atom. The summed E-state index contributed by atoms with van der Waals surface area (Å²) in [5.74, 6) is -0.180. The van der Waals surface area contributed by atoms with E-state index in [0.717, 1.165) is 0 Å². The van der Waals surface area contributed by atoms with E-state index in [9.17, 15) is 13.2 Å². The highest BCUT2D eigenvalue weighted by Gasteiger charge is 2.17. The first-order valence-electron chi connectivity index (χ1n) is 6.38. The van der Waals surface area contributed by atoms with Crippen molar-refractivity contribution in [1.82, 2.24) is 9.80 Å². The highest BCUT2D eigenvalue weighted by molar-refractivity contribution is 7.91. The summed E-state index contributed by atoms with van der Waals surface area (Å²) in [6.45, 7) is 0.416. The second-order valence-corrected chi connectivity index (χ2v) is 7.09. The Bertz CT molecular complexity index is 648. The van der Waals surface area contributed by atoms with Crippen molar-refractivity contribution >= 4 is 15.7 Å². The van der Waals surface area contributed by atoms with Crippen LogP contribution in [0.1, 0.15) is 5.56 Å². The summed E-state index contributed by atoms with van der Waals surface area (Å²) in [5, 5.41) is 8.80. The molecule has 0 saturated carbocycles. The van der Waals surface area contributed by atoms with Crippen LogP contribution >= 0.6 is 0 Å². The molecule has 21 heavy (non-hydrogen) atoms. The predicted octanol–water partition coefficient (Wildman–Crippen LogP) is 0.352. The molecule has 1 rings (SSSR count). The van der Waals surface area contributed by atoms with Gasteiger partial charge >= 0.3 is 0 Å². The van der Waals surface area contributed by atoms with Crippen molar-refractivity contribution in [3.63, 3.8) is 0 Å². The summed E-state index contributed by atoms with van der Waals surface area (Å²) < 4.78 is 24.4. The Kier molecular flexibility index (Phi) is 5.88. The van der Waals surface area contributed by atoms with Crippen LogP contribution in [-0.4, -0.2) is 64.1 Å². The molecule has 1 aromatic rings. The Morgan fingerprint density at radius 3 is 2.52 bits per heavy atom. The third-order valence-corrected chi connectivity index (χ3v) is 4.66. The fourth-order valence-electron chi connectivity index (χ4n) is 1.60. The number of hydrogen-bond acceptors (Lipinski definition) is 5. The van der Waals surface area contributed by atoms with Crippen molar-refractivity contribution in [3.8, 4) is 6.07 Å². The Morgan fingerprint density at radius 2 is 1.95 bits per heavy atom. The summed E-state index contributed by atoms with van der Waals surface area (Å²) in [7, 11) is 1.54. The zero-order valence-electron chi connectivity index (χ0n) is 12.4. The van der Waals surface area contributed by atoms with Crippen molar-refractivity contribution in [2.75, 3.05) is 40.0 Å². The summed E-state index contributed by atoms with van der Waals surface area (Å²) in [5.41, 5.74) is 0.312. The minimum atomic E-state index is -3.46. The molecule has 0 spiro atoms. The molecular weight excluding hydrogens is 290 g/mol. The van der Waals surface area contributed by atoms with E-state index in [1.54, 1.807) is 38.2 Å². The van der Waals surface area contributed by atoms with E-state index < -0.39 is 9.84 Å². The van der Waals surface area contributed by atoms with Crippen molar-refractivity contribution in [2.45, 2.75) is 4.90 Å². The van der Waals surface area contributed by atoms with Gasteiger partial charge in [-0.3, -0.25) is 9.69 Å². The molecule has 7 heteroatoms. The Labute approximate surface area is 125 Å². The molecule has 0 N–H and O–H groups in total. The molecule has 0 aliphatic carbocycles. The molecule has 0 bridgehead atoms. The third-order valence-electron chi connectivity index (χ3n) is 2.97. The second-order valence-electron chi connectivity index (χ2n) is 4.98. The molecule has 0 atom stereocenters. The average Bonchev–Trinajstić information content (AvgIpc) is 2.45. The van der Waals surface area contributed by atoms with Crippen LogP contribution in [0, 0.1) is 11.3 Å². The highest BCUT2D eigenvalue weighted by atomic mass is 32.2. The lowest BCUT2D eigenvalue weighted by molar-refractivity contribution is -0.129. The fraction of sp³-hybridized carbons (Fsp3) is 0.429. The first-order valence-corrected chi connectivity index (χ1v) is 8.03. The van der Waals surface area contributed by atoms with Gasteiger partial charge in [-0.1, -0.05) is 6.07 Å². The number of rotatable bonds is 6. The Balaban J connectivity index is 2.69. The molecule has 0 fully saturated rings. The molecule has 0 aromatic heterocycles. The number of amides is 1. The average molecular weight is 309 g/mol. The standard InChI is InChI=1S/C14H19N3O3S/c1-16(2)14(18)11-17(3)7-8-21(19,20)13-6-4-5-12(9-13)10-15/h4-6,9H,7-8,11H2,1-3H3. The number of benzene rings is 1. The summed E-state index contributed by atoms with van der Waals surface area (Å²) in [6, 6.07) is 7.86. The van der Waals surface area contributed by atoms with Gasteiger partial charge in [0.15, 0.2) is 9.84 Å². The molecule has 0 heterocycles. The molecular formula is C14H19N3O3S. The zero-order chi connectivity index (χ0) is 16.0. The SMILES string of the molecule is CN(CCS(=O)(=O)c1cccc(C#N)c1)CC(=O)N(C)C. The predicted molar refractivity (Wildman–Crippen MR) is 79.4 cm³/mol. The number of likely N-dealkylation sites (N-methyl/N-ethyl adjacent to an activating group) is 2. The van der Waals surface area contributed by atoms with Gasteiger partial charge in [-0.15, -0.1) is 0 Å². The number of carbonyl (C=O) groups excluding carboxylic acids is 1. The lowest BCUT2D eigenvalue weighted by Gasteiger charge is -2.18. The monoisotopic (exact) mass is 309 g/mol. The van der Waals surface area contributed by atoms with Crippen molar-refractivity contribution in [2.24, 2.45) is 0 Å². The van der Waals surface area contributed by atoms with Crippen LogP contribution in [0.3, 0.4) is 0 Å². The topological polar surface area (TPSA) is 81.5 Å². The van der Waals surface area contributed by atoms with Crippen LogP contribution < -0.4 is 0 Å². The van der Waals surface area contributed by atoms with Crippen LogP contribution in [0.5, 0.6) is 0 Å². The first kappa shape index (κ1) is 17.1. The molecule has 1 amide bonds. The molecule has 114 valence electrons. The van der Waals surface area contributed by atoms with Gasteiger partial charge < -0.3 is 4.90 Å². The van der Waals surface area contributed by atoms with Gasteiger partial charge in [-0.25, -0.2) is 8.42 Å². The minimum Gasteiger partial charge on any atom is -0.348 e. The van der Waals surface area contributed by atoms with Gasteiger partial charge in [0.05, 0.1) is 28.8 Å². The second kappa shape index (κ2) is 7.20. The maximum atomic E-state index is 12.2. The summed E-state index contributed by atoms with van der Waals surface area (Å²) in [4.78, 5) is 14.8. The van der Waals surface area contributed by atoms with Gasteiger partial charge in [0.1, 0.15) is 0 Å². The lowest BCUT2D eigenvalue weighted by atomic mass is 10.2. The maximum Gasteiger partial charge on any atom is 0.236 e. The summed E-state index contributed by atoms with van der Waals surface area (Å²) >= 11 is 0. The van der Waals surface area contributed by atoms with E-state index in [4.69, 9.17) is 5.26 Å². The maximum absolute atomic E-state index is 12.2. The number of carbonyl (C=O) groups is 1. The van der Waals surface area contributed by atoms with E-state index in [-0.39, 0.29) is 29.6 Å². The van der Waals surface area contributed by atoms with Gasteiger partial charge in [0, 0.05) is 20.6 Å². The van der Waals surface area contributed by atoms with Crippen LogP contribution in [-0.2, 0) is 14.6 Å². The fourth-order valence-corrected chi connectivity index (χ4v) is 2.98. The van der Waals surface area contributed by atoms with Crippen molar-refractivity contribution < 1.29 is 13.2 Å². The van der Waals surface area contributed by atoms with Crippen LogP contribution in [0.15, 0.2) is 29.2 Å². The van der Waals surface area contributed by atoms with Gasteiger partial charge in [0.2, 0.25) is 5.91 Å². The van der Waals surface area contributed by atoms with Crippen LogP contribution in [0.2, 0.25) is 0 Å². The lowest BCUT2D eigenvalue weighted by Crippen LogP contribution is -2.36. The van der Waals surface area contributed by atoms with E-state index >= 15 is 0 Å². The smallest absolute Gasteiger partial charge is 0.236 e. The zero-order valence-corrected chi connectivity index (χ0v) is 13.2. The molecule has 0 aliphatic rings. The summed E-state index contributed by atoms with van der Waals surface area (Å²) in [6.07, 6.45) is 0. The van der Waals surface area contributed by atoms with Gasteiger partial charge in [0.25, 0.3) is 0 Å². The first-order chi connectivity index (χ1) is 9.76. The van der Waals surface area contributed by atoms with E-state index in [0.29, 0.717) is 5.56 Å². The van der Waals surface area contributed by atoms with Crippen molar-refractivity contribution in [1.29, 1.82) is 5.26 Å². The molecule has 1 aromatic carbocycles. The van der Waals surface area contributed by atoms with E-state index in [1.165, 1.54) is 17.0 Å². The highest BCUT2D eigenvalue weighted by Crippen LogP contribution is 2.13. The third kappa shape index (κ3) is 5.17. The molecule has 6 nitrogen and oxygen atoms in total. The van der Waals surface area contributed by atoms with E-state index in [1.807, 2.05) is 6.07 Å². The number of hydrogen-bond donors (Lipinski definition) is 0. The molecule has 0 radical (unpaired) electrons. The number of nitriles is 1.